The van der Waals surface area contributed by atoms with Crippen molar-refractivity contribution in [3.8, 4) is 0 Å². The molecule has 3 atom stereocenters. The molecule has 0 saturated heterocycles. The van der Waals surface area contributed by atoms with E-state index < -0.39 is 35.9 Å². The smallest absolute Gasteiger partial charge is 0.326 e. The van der Waals surface area contributed by atoms with Crippen LogP contribution in [0.2, 0.25) is 0 Å². The fourth-order valence-corrected chi connectivity index (χ4v) is 3.77. The molecule has 0 aliphatic rings. The molecule has 0 aliphatic carbocycles. The van der Waals surface area contributed by atoms with Gasteiger partial charge in [0, 0.05) is 42.0 Å². The van der Waals surface area contributed by atoms with E-state index in [9.17, 15) is 19.5 Å². The molecule has 3 aromatic rings. The molecule has 0 fully saturated rings. The lowest BCUT2D eigenvalue weighted by molar-refractivity contribution is -0.142. The number of hydrogen-bond acceptors (Lipinski definition) is 6. The molecule has 13 nitrogen and oxygen atoms in total. The maximum absolute atomic E-state index is 13.0. The van der Waals surface area contributed by atoms with Gasteiger partial charge in [-0.2, -0.15) is 0 Å². The van der Waals surface area contributed by atoms with Crippen molar-refractivity contribution in [2.24, 2.45) is 22.2 Å². The number of benzene rings is 1. The lowest BCUT2D eigenvalue weighted by Crippen LogP contribution is -2.55. The second-order valence-corrected chi connectivity index (χ2v) is 8.36. The van der Waals surface area contributed by atoms with Crippen LogP contribution in [-0.4, -0.2) is 68.5 Å². The van der Waals surface area contributed by atoms with Crippen LogP contribution in [0.15, 0.2) is 48.0 Å². The minimum Gasteiger partial charge on any atom is -0.480 e. The highest BCUT2D eigenvalue weighted by atomic mass is 16.4. The summed E-state index contributed by atoms with van der Waals surface area (Å²) in [5, 5.41) is 15.7. The number of aromatic amines is 2. The summed E-state index contributed by atoms with van der Waals surface area (Å²) in [7, 11) is 0. The molecule has 2 aromatic heterocycles. The number of aliphatic imine (C=N–C) groups is 1. The Morgan fingerprint density at radius 1 is 1.06 bits per heavy atom. The fourth-order valence-electron chi connectivity index (χ4n) is 3.77. The molecule has 0 saturated carbocycles. The van der Waals surface area contributed by atoms with Crippen LogP contribution in [0.5, 0.6) is 0 Å². The Morgan fingerprint density at radius 3 is 2.50 bits per heavy atom. The molecule has 1 aromatic carbocycles. The van der Waals surface area contributed by atoms with E-state index in [0.717, 1.165) is 16.5 Å². The molecule has 0 bridgehead atoms. The average molecular weight is 498 g/mol. The van der Waals surface area contributed by atoms with Gasteiger partial charge in [-0.3, -0.25) is 14.6 Å². The third kappa shape index (κ3) is 7.30. The zero-order valence-electron chi connectivity index (χ0n) is 19.6. The molecule has 36 heavy (non-hydrogen) atoms. The third-order valence-electron chi connectivity index (χ3n) is 5.62. The number of para-hydroxylation sites is 1. The molecule has 2 heterocycles. The quantitative estimate of drug-likeness (QED) is 0.0836. The number of carbonyl (C=O) groups is 3. The zero-order chi connectivity index (χ0) is 26.1. The van der Waals surface area contributed by atoms with Crippen LogP contribution in [0.3, 0.4) is 0 Å². The summed E-state index contributed by atoms with van der Waals surface area (Å²) in [5.41, 5.74) is 19.2. The van der Waals surface area contributed by atoms with E-state index in [1.165, 1.54) is 12.5 Å². The average Bonchev–Trinajstić information content (AvgIpc) is 3.50. The zero-order valence-corrected chi connectivity index (χ0v) is 19.6. The first-order valence-electron chi connectivity index (χ1n) is 11.4. The van der Waals surface area contributed by atoms with Crippen LogP contribution in [0.1, 0.15) is 24.1 Å². The molecular formula is C23H31N9O4. The largest absolute Gasteiger partial charge is 0.480 e. The Bertz CT molecular complexity index is 1200. The number of carbonyl (C=O) groups excluding carboxylic acids is 2. The number of nitrogens with zero attached hydrogens (tertiary/aromatic N) is 2. The summed E-state index contributed by atoms with van der Waals surface area (Å²) in [5.74, 6) is -2.51. The predicted molar refractivity (Wildman–Crippen MR) is 134 cm³/mol. The second-order valence-electron chi connectivity index (χ2n) is 8.36. The normalized spacial score (nSPS) is 13.5. The Balaban J connectivity index is 1.67. The topological polar surface area (TPSA) is 230 Å². The molecule has 3 rings (SSSR count). The van der Waals surface area contributed by atoms with Crippen molar-refractivity contribution < 1.29 is 19.5 Å². The molecule has 2 amide bonds. The van der Waals surface area contributed by atoms with Gasteiger partial charge in [0.15, 0.2) is 5.96 Å². The van der Waals surface area contributed by atoms with Gasteiger partial charge >= 0.3 is 5.97 Å². The van der Waals surface area contributed by atoms with Crippen molar-refractivity contribution in [2.75, 3.05) is 6.54 Å². The molecule has 0 spiro atoms. The highest BCUT2D eigenvalue weighted by molar-refractivity contribution is 5.92. The lowest BCUT2D eigenvalue weighted by atomic mass is 10.0. The highest BCUT2D eigenvalue weighted by Gasteiger charge is 2.28. The van der Waals surface area contributed by atoms with Crippen molar-refractivity contribution in [3.05, 3.63) is 54.2 Å². The number of imidazole rings is 1. The number of guanidine groups is 1. The van der Waals surface area contributed by atoms with Crippen molar-refractivity contribution >= 4 is 34.6 Å². The van der Waals surface area contributed by atoms with Gasteiger partial charge in [-0.15, -0.1) is 0 Å². The Kier molecular flexibility index (Phi) is 9.00. The first kappa shape index (κ1) is 26.2. The molecule has 0 unspecified atom stereocenters. The molecule has 0 radical (unpaired) electrons. The number of carboxylic acid groups (broad SMARTS) is 1. The minimum atomic E-state index is -1.23. The van der Waals surface area contributed by atoms with Gasteiger partial charge in [0.25, 0.3) is 0 Å². The minimum absolute atomic E-state index is 0.00415. The fraction of sp³-hybridized carbons (Fsp3) is 0.348. The van der Waals surface area contributed by atoms with Crippen LogP contribution in [0.25, 0.3) is 10.9 Å². The summed E-state index contributed by atoms with van der Waals surface area (Å²) < 4.78 is 0. The summed E-state index contributed by atoms with van der Waals surface area (Å²) in [4.78, 5) is 51.3. The van der Waals surface area contributed by atoms with Crippen LogP contribution in [0.4, 0.5) is 0 Å². The molecular weight excluding hydrogens is 466 g/mol. The maximum Gasteiger partial charge on any atom is 0.326 e. The van der Waals surface area contributed by atoms with E-state index in [1.807, 2.05) is 24.3 Å². The summed E-state index contributed by atoms with van der Waals surface area (Å²) in [6, 6.07) is 4.44. The first-order valence-corrected chi connectivity index (χ1v) is 11.4. The number of H-pyrrole nitrogens is 2. The monoisotopic (exact) mass is 497 g/mol. The number of nitrogens with two attached hydrogens (primary N) is 3. The van der Waals surface area contributed by atoms with Crippen LogP contribution in [0, 0.1) is 0 Å². The third-order valence-corrected chi connectivity index (χ3v) is 5.62. The summed E-state index contributed by atoms with van der Waals surface area (Å²) >= 11 is 0. The van der Waals surface area contributed by atoms with Gasteiger partial charge in [-0.05, 0) is 30.9 Å². The number of aromatic nitrogens is 3. The second kappa shape index (κ2) is 12.4. The van der Waals surface area contributed by atoms with Crippen molar-refractivity contribution in [1.29, 1.82) is 0 Å². The van der Waals surface area contributed by atoms with Gasteiger partial charge in [0.2, 0.25) is 11.8 Å². The number of nitrogens with one attached hydrogen (secondary N) is 4. The maximum atomic E-state index is 13.0. The molecule has 0 aliphatic heterocycles. The van der Waals surface area contributed by atoms with Gasteiger partial charge in [0.1, 0.15) is 12.1 Å². The van der Waals surface area contributed by atoms with Gasteiger partial charge in [-0.25, -0.2) is 9.78 Å². The number of hydrogen-bond donors (Lipinski definition) is 8. The number of fused-ring (bicyclic) bond motifs is 1. The lowest BCUT2D eigenvalue weighted by Gasteiger charge is -2.22. The number of rotatable bonds is 13. The number of aliphatic carboxylic acids is 1. The Morgan fingerprint density at radius 2 is 1.81 bits per heavy atom. The van der Waals surface area contributed by atoms with Crippen LogP contribution in [-0.2, 0) is 27.2 Å². The predicted octanol–water partition coefficient (Wildman–Crippen LogP) is -0.889. The van der Waals surface area contributed by atoms with Gasteiger partial charge in [0.05, 0.1) is 12.4 Å². The Hall–Kier alpha value is -4.39. The van der Waals surface area contributed by atoms with Crippen molar-refractivity contribution in [2.45, 2.75) is 43.8 Å². The van der Waals surface area contributed by atoms with E-state index in [2.05, 4.69) is 30.6 Å². The first-order chi connectivity index (χ1) is 17.2. The Labute approximate surface area is 206 Å². The summed E-state index contributed by atoms with van der Waals surface area (Å²) in [6.07, 6.45) is 5.46. The molecule has 192 valence electrons. The number of carboxylic acids is 1. The van der Waals surface area contributed by atoms with Crippen LogP contribution >= 0.6 is 0 Å². The molecule has 11 N–H and O–H groups in total. The molecule has 13 heteroatoms. The van der Waals surface area contributed by atoms with Crippen molar-refractivity contribution in [1.82, 2.24) is 25.6 Å². The van der Waals surface area contributed by atoms with Crippen LogP contribution < -0.4 is 27.8 Å². The van der Waals surface area contributed by atoms with E-state index in [1.54, 1.807) is 6.20 Å². The van der Waals surface area contributed by atoms with E-state index in [-0.39, 0.29) is 31.8 Å². The van der Waals surface area contributed by atoms with Gasteiger partial charge in [-0.1, -0.05) is 18.2 Å². The van der Waals surface area contributed by atoms with E-state index in [4.69, 9.17) is 17.2 Å². The SMILES string of the molecule is NC(N)=NCCC[C@H](NC(=O)[C@@H](N)Cc1c[nH]c2ccccc12)C(=O)N[C@@H](Cc1cnc[nH]1)C(=O)O. The summed E-state index contributed by atoms with van der Waals surface area (Å²) in [6.45, 7) is 0.236. The van der Waals surface area contributed by atoms with E-state index in [0.29, 0.717) is 12.1 Å². The van der Waals surface area contributed by atoms with Crippen molar-refractivity contribution in [3.63, 3.8) is 0 Å². The standard InChI is InChI=1S/C23H31N9O4/c24-16(8-13-10-29-17-5-2-1-4-15(13)17)20(33)31-18(6-3-7-28-23(25)26)21(34)32-19(22(35)36)9-14-11-27-12-30-14/h1-2,4-5,10-12,16,18-19,29H,3,6-9,24H2,(H,27,30)(H,31,33)(H,32,34)(H,35,36)(H4,25,26,28)/t16-,18-,19-/m0/s1. The highest BCUT2D eigenvalue weighted by Crippen LogP contribution is 2.18. The number of amides is 2. The van der Waals surface area contributed by atoms with Gasteiger partial charge < -0.3 is 42.9 Å². The van der Waals surface area contributed by atoms with E-state index >= 15 is 0 Å².